The van der Waals surface area contributed by atoms with Crippen LogP contribution in [0.1, 0.15) is 6.92 Å². The van der Waals surface area contributed by atoms with Gasteiger partial charge in [-0.2, -0.15) is 0 Å². The number of hydrogen-bond acceptors (Lipinski definition) is 6. The average molecular weight is 420 g/mol. The maximum absolute atomic E-state index is 12.4. The van der Waals surface area contributed by atoms with Gasteiger partial charge in [-0.1, -0.05) is 0 Å². The number of amides is 2. The van der Waals surface area contributed by atoms with Crippen molar-refractivity contribution in [3.05, 3.63) is 48.5 Å². The number of carbonyl (C=O) groups excluding carboxylic acids is 2. The molecule has 0 saturated carbocycles. The van der Waals surface area contributed by atoms with Crippen molar-refractivity contribution in [2.45, 2.75) is 17.9 Å². The Morgan fingerprint density at radius 3 is 2.07 bits per heavy atom. The molecule has 0 aliphatic rings. The molecular weight excluding hydrogens is 396 g/mol. The molecule has 2 aromatic rings. The van der Waals surface area contributed by atoms with Gasteiger partial charge in [-0.25, -0.2) is 13.6 Å². The van der Waals surface area contributed by atoms with Crippen LogP contribution in [-0.4, -0.2) is 51.9 Å². The zero-order valence-electron chi connectivity index (χ0n) is 16.4. The summed E-state index contributed by atoms with van der Waals surface area (Å²) in [7, 11) is -0.580. The fraction of sp³-hybridized carbons (Fsp3) is 0.263. The number of primary sulfonamides is 1. The van der Waals surface area contributed by atoms with Crippen LogP contribution in [0.2, 0.25) is 0 Å². The number of ether oxygens (including phenoxy) is 1. The van der Waals surface area contributed by atoms with Crippen LogP contribution in [-0.2, 0) is 19.6 Å². The van der Waals surface area contributed by atoms with Crippen LogP contribution in [0, 0.1) is 0 Å². The number of carbonyl (C=O) groups is 2. The van der Waals surface area contributed by atoms with E-state index in [0.717, 1.165) is 0 Å². The molecule has 9 nitrogen and oxygen atoms in total. The van der Waals surface area contributed by atoms with Crippen LogP contribution < -0.4 is 20.5 Å². The van der Waals surface area contributed by atoms with Gasteiger partial charge in [0.05, 0.1) is 24.6 Å². The molecule has 29 heavy (non-hydrogen) atoms. The van der Waals surface area contributed by atoms with E-state index in [1.54, 1.807) is 50.2 Å². The van der Waals surface area contributed by atoms with Crippen molar-refractivity contribution in [3.8, 4) is 5.75 Å². The van der Waals surface area contributed by atoms with Crippen LogP contribution in [0.4, 0.5) is 11.4 Å². The number of hydrogen-bond donors (Lipinski definition) is 3. The number of sulfonamides is 1. The second kappa shape index (κ2) is 9.50. The Kier molecular flexibility index (Phi) is 7.32. The minimum atomic E-state index is -3.79. The van der Waals surface area contributed by atoms with Gasteiger partial charge in [-0.15, -0.1) is 0 Å². The maximum Gasteiger partial charge on any atom is 0.241 e. The summed E-state index contributed by atoms with van der Waals surface area (Å²) < 4.78 is 27.6. The molecule has 0 aliphatic carbocycles. The molecule has 156 valence electrons. The van der Waals surface area contributed by atoms with E-state index in [4.69, 9.17) is 9.88 Å². The minimum absolute atomic E-state index is 0.00493. The lowest BCUT2D eigenvalue weighted by Gasteiger charge is -2.23. The molecule has 0 unspecified atom stereocenters. The predicted molar refractivity (Wildman–Crippen MR) is 110 cm³/mol. The molecule has 10 heteroatoms. The van der Waals surface area contributed by atoms with Gasteiger partial charge in [-0.05, 0) is 62.5 Å². The number of nitrogens with one attached hydrogen (secondary N) is 2. The van der Waals surface area contributed by atoms with Crippen molar-refractivity contribution in [3.63, 3.8) is 0 Å². The lowest BCUT2D eigenvalue weighted by atomic mass is 10.2. The van der Waals surface area contributed by atoms with E-state index >= 15 is 0 Å². The van der Waals surface area contributed by atoms with Gasteiger partial charge >= 0.3 is 0 Å². The third-order valence-electron chi connectivity index (χ3n) is 4.26. The fourth-order valence-electron chi connectivity index (χ4n) is 2.41. The molecule has 0 spiro atoms. The van der Waals surface area contributed by atoms with Crippen LogP contribution >= 0.6 is 0 Å². The van der Waals surface area contributed by atoms with E-state index in [1.165, 1.54) is 24.3 Å². The predicted octanol–water partition coefficient (Wildman–Crippen LogP) is 1.24. The number of likely N-dealkylation sites (N-methyl/N-ethyl adjacent to an activating group) is 1. The van der Waals surface area contributed by atoms with Crippen molar-refractivity contribution in [2.24, 2.45) is 5.14 Å². The lowest BCUT2D eigenvalue weighted by Crippen LogP contribution is -2.43. The van der Waals surface area contributed by atoms with Gasteiger partial charge in [0.15, 0.2) is 0 Å². The highest BCUT2D eigenvalue weighted by molar-refractivity contribution is 7.89. The molecule has 2 aromatic carbocycles. The summed E-state index contributed by atoms with van der Waals surface area (Å²) in [6, 6.07) is 11.8. The SMILES string of the molecule is COc1ccc(NC(=O)CN(C)[C@@H](C)C(=O)Nc2ccc(S(N)(=O)=O)cc2)cc1. The second-order valence-corrected chi connectivity index (χ2v) is 7.99. The van der Waals surface area contributed by atoms with Gasteiger partial charge in [-0.3, -0.25) is 14.5 Å². The largest absolute Gasteiger partial charge is 0.497 e. The molecule has 0 radical (unpaired) electrons. The number of methoxy groups -OCH3 is 1. The highest BCUT2D eigenvalue weighted by atomic mass is 32.2. The summed E-state index contributed by atoms with van der Waals surface area (Å²) >= 11 is 0. The first-order chi connectivity index (χ1) is 13.6. The highest BCUT2D eigenvalue weighted by Gasteiger charge is 2.20. The summed E-state index contributed by atoms with van der Waals surface area (Å²) in [4.78, 5) is 26.2. The van der Waals surface area contributed by atoms with Crippen LogP contribution in [0.5, 0.6) is 5.75 Å². The van der Waals surface area contributed by atoms with E-state index < -0.39 is 16.1 Å². The quantitative estimate of drug-likeness (QED) is 0.589. The van der Waals surface area contributed by atoms with Gasteiger partial charge < -0.3 is 15.4 Å². The molecule has 0 saturated heterocycles. The molecular formula is C19H24N4O5S. The highest BCUT2D eigenvalue weighted by Crippen LogP contribution is 2.15. The van der Waals surface area contributed by atoms with E-state index in [2.05, 4.69) is 10.6 Å². The number of rotatable bonds is 8. The Bertz CT molecular complexity index is 959. The van der Waals surface area contributed by atoms with Gasteiger partial charge in [0, 0.05) is 11.4 Å². The van der Waals surface area contributed by atoms with Crippen LogP contribution in [0.3, 0.4) is 0 Å². The number of nitrogens with two attached hydrogens (primary N) is 1. The molecule has 0 aromatic heterocycles. The van der Waals surface area contributed by atoms with Gasteiger partial charge in [0.1, 0.15) is 5.75 Å². The molecule has 1 atom stereocenters. The summed E-state index contributed by atoms with van der Waals surface area (Å²) in [5.41, 5.74) is 1.04. The molecule has 0 bridgehead atoms. The Balaban J connectivity index is 1.90. The smallest absolute Gasteiger partial charge is 0.241 e. The average Bonchev–Trinajstić information content (AvgIpc) is 2.67. The normalized spacial score (nSPS) is 12.3. The van der Waals surface area contributed by atoms with E-state index in [9.17, 15) is 18.0 Å². The van der Waals surface area contributed by atoms with Crippen molar-refractivity contribution in [2.75, 3.05) is 31.3 Å². The van der Waals surface area contributed by atoms with Crippen LogP contribution in [0.25, 0.3) is 0 Å². The van der Waals surface area contributed by atoms with Crippen LogP contribution in [0.15, 0.2) is 53.4 Å². The van der Waals surface area contributed by atoms with Gasteiger partial charge in [0.25, 0.3) is 0 Å². The molecule has 0 fully saturated rings. The van der Waals surface area contributed by atoms with E-state index in [0.29, 0.717) is 17.1 Å². The molecule has 0 heterocycles. The topological polar surface area (TPSA) is 131 Å². The molecule has 0 aliphatic heterocycles. The molecule has 4 N–H and O–H groups in total. The number of nitrogens with zero attached hydrogens (tertiary/aromatic N) is 1. The van der Waals surface area contributed by atoms with Crippen molar-refractivity contribution in [1.29, 1.82) is 0 Å². The minimum Gasteiger partial charge on any atom is -0.497 e. The summed E-state index contributed by atoms with van der Waals surface area (Å²) in [5.74, 6) is 0.0745. The van der Waals surface area contributed by atoms with Crippen molar-refractivity contribution >= 4 is 33.2 Å². The Morgan fingerprint density at radius 2 is 1.55 bits per heavy atom. The fourth-order valence-corrected chi connectivity index (χ4v) is 2.93. The number of benzene rings is 2. The third kappa shape index (κ3) is 6.56. The summed E-state index contributed by atoms with van der Waals surface area (Å²) in [6.07, 6.45) is 0. The number of anilines is 2. The second-order valence-electron chi connectivity index (χ2n) is 6.43. The Hall–Kier alpha value is -2.95. The zero-order chi connectivity index (χ0) is 21.6. The third-order valence-corrected chi connectivity index (χ3v) is 5.19. The lowest BCUT2D eigenvalue weighted by molar-refractivity contribution is -0.122. The first kappa shape index (κ1) is 22.3. The molecule has 2 amide bonds. The zero-order valence-corrected chi connectivity index (χ0v) is 17.2. The summed E-state index contributed by atoms with van der Waals surface area (Å²) in [6.45, 7) is 1.67. The Morgan fingerprint density at radius 1 is 1.03 bits per heavy atom. The van der Waals surface area contributed by atoms with E-state index in [1.807, 2.05) is 0 Å². The van der Waals surface area contributed by atoms with E-state index in [-0.39, 0.29) is 23.3 Å². The first-order valence-electron chi connectivity index (χ1n) is 8.68. The van der Waals surface area contributed by atoms with Crippen molar-refractivity contribution in [1.82, 2.24) is 4.90 Å². The monoisotopic (exact) mass is 420 g/mol. The first-order valence-corrected chi connectivity index (χ1v) is 10.2. The molecule has 2 rings (SSSR count). The summed E-state index contributed by atoms with van der Waals surface area (Å²) in [5, 5.41) is 10.5. The standard InChI is InChI=1S/C19H24N4O5S/c1-13(19(25)22-15-6-10-17(11-7-15)29(20,26)27)23(2)12-18(24)21-14-4-8-16(28-3)9-5-14/h4-11,13H,12H2,1-3H3,(H,21,24)(H,22,25)(H2,20,26,27)/t13-/m0/s1. The Labute approximate surface area is 169 Å². The van der Waals surface area contributed by atoms with Gasteiger partial charge in [0.2, 0.25) is 21.8 Å². The van der Waals surface area contributed by atoms with Crippen molar-refractivity contribution < 1.29 is 22.7 Å². The maximum atomic E-state index is 12.4.